The Morgan fingerprint density at radius 2 is 1.50 bits per heavy atom. The first-order chi connectivity index (χ1) is 17.8. The topological polar surface area (TPSA) is 95.3 Å². The molecule has 0 unspecified atom stereocenters. The first-order valence-corrected chi connectivity index (χ1v) is 12.8. The van der Waals surface area contributed by atoms with E-state index in [0.717, 1.165) is 47.3 Å². The van der Waals surface area contributed by atoms with Crippen molar-refractivity contribution >= 4 is 15.6 Å². The number of ether oxygens (including phenoxy) is 1. The SMILES string of the molecule is CS(=O)(=O)c1ccc(-c2cnn(CC(=O)c3ccc(OC(F)(F)F)cc3)c(=O)c2-c2ccc(F)cc2)cc1. The van der Waals surface area contributed by atoms with Crippen LogP contribution >= 0.6 is 0 Å². The van der Waals surface area contributed by atoms with Crippen LogP contribution in [0.2, 0.25) is 0 Å². The summed E-state index contributed by atoms with van der Waals surface area (Å²) in [5.74, 6) is -1.64. The second kappa shape index (κ2) is 10.2. The summed E-state index contributed by atoms with van der Waals surface area (Å²) < 4.78 is 79.0. The van der Waals surface area contributed by atoms with Gasteiger partial charge < -0.3 is 4.74 Å². The lowest BCUT2D eigenvalue weighted by Gasteiger charge is -2.13. The largest absolute Gasteiger partial charge is 0.573 e. The molecular weight excluding hydrogens is 528 g/mol. The summed E-state index contributed by atoms with van der Waals surface area (Å²) in [5, 5.41) is 4.08. The highest BCUT2D eigenvalue weighted by atomic mass is 32.2. The third-order valence-electron chi connectivity index (χ3n) is 5.47. The number of hydrogen-bond acceptors (Lipinski definition) is 6. The number of carbonyl (C=O) groups excluding carboxylic acids is 1. The first-order valence-electron chi connectivity index (χ1n) is 10.9. The zero-order valence-corrected chi connectivity index (χ0v) is 20.4. The fourth-order valence-corrected chi connectivity index (χ4v) is 4.30. The van der Waals surface area contributed by atoms with Crippen molar-refractivity contribution in [3.8, 4) is 28.0 Å². The van der Waals surface area contributed by atoms with E-state index in [-0.39, 0.29) is 16.0 Å². The summed E-state index contributed by atoms with van der Waals surface area (Å²) in [6.07, 6.45) is -2.50. The molecule has 0 aliphatic carbocycles. The van der Waals surface area contributed by atoms with Crippen molar-refractivity contribution in [1.82, 2.24) is 9.78 Å². The normalized spacial score (nSPS) is 11.8. The highest BCUT2D eigenvalue weighted by molar-refractivity contribution is 7.90. The summed E-state index contributed by atoms with van der Waals surface area (Å²) in [7, 11) is -3.46. The van der Waals surface area contributed by atoms with Gasteiger partial charge in [-0.15, -0.1) is 13.2 Å². The summed E-state index contributed by atoms with van der Waals surface area (Å²) >= 11 is 0. The number of halogens is 4. The van der Waals surface area contributed by atoms with E-state index in [1.807, 2.05) is 0 Å². The number of hydrogen-bond donors (Lipinski definition) is 0. The van der Waals surface area contributed by atoms with E-state index in [0.29, 0.717) is 16.7 Å². The second-order valence-electron chi connectivity index (χ2n) is 8.19. The third kappa shape index (κ3) is 6.14. The maximum Gasteiger partial charge on any atom is 0.573 e. The van der Waals surface area contributed by atoms with Gasteiger partial charge in [-0.3, -0.25) is 9.59 Å². The number of sulfone groups is 1. The minimum atomic E-state index is -4.88. The van der Waals surface area contributed by atoms with Crippen LogP contribution in [0.1, 0.15) is 10.4 Å². The Hall–Kier alpha value is -4.32. The molecule has 0 atom stereocenters. The summed E-state index contributed by atoms with van der Waals surface area (Å²) in [5.41, 5.74) is 0.535. The molecule has 0 saturated heterocycles. The van der Waals surface area contributed by atoms with Gasteiger partial charge in [0.1, 0.15) is 18.1 Å². The van der Waals surface area contributed by atoms with Gasteiger partial charge in [-0.25, -0.2) is 17.5 Å². The van der Waals surface area contributed by atoms with Crippen molar-refractivity contribution in [2.24, 2.45) is 0 Å². The minimum absolute atomic E-state index is 0.0250. The molecule has 1 heterocycles. The zero-order chi connectivity index (χ0) is 27.7. The maximum absolute atomic E-state index is 13.6. The van der Waals surface area contributed by atoms with Crippen LogP contribution in [0.5, 0.6) is 5.75 Å². The van der Waals surface area contributed by atoms with Crippen molar-refractivity contribution in [2.75, 3.05) is 6.26 Å². The fraction of sp³-hybridized carbons (Fsp3) is 0.115. The fourth-order valence-electron chi connectivity index (χ4n) is 3.67. The van der Waals surface area contributed by atoms with Crippen LogP contribution in [0.25, 0.3) is 22.3 Å². The lowest BCUT2D eigenvalue weighted by Crippen LogP contribution is -2.28. The van der Waals surface area contributed by atoms with Crippen LogP contribution in [0.15, 0.2) is 88.7 Å². The number of Topliss-reactive ketones (excluding diaryl/α,β-unsaturated/α-hetero) is 1. The van der Waals surface area contributed by atoms with Crippen molar-refractivity contribution in [2.45, 2.75) is 17.8 Å². The summed E-state index contributed by atoms with van der Waals surface area (Å²) in [6, 6.07) is 15.0. The molecule has 0 bridgehead atoms. The molecule has 0 aliphatic heterocycles. The average Bonchev–Trinajstić information content (AvgIpc) is 2.85. The van der Waals surface area contributed by atoms with Gasteiger partial charge in [0.25, 0.3) is 5.56 Å². The van der Waals surface area contributed by atoms with Gasteiger partial charge in [-0.2, -0.15) is 5.10 Å². The van der Waals surface area contributed by atoms with Gasteiger partial charge in [0, 0.05) is 17.4 Å². The van der Waals surface area contributed by atoms with E-state index in [1.54, 1.807) is 0 Å². The molecule has 0 fully saturated rings. The molecule has 0 N–H and O–H groups in total. The standard InChI is InChI=1S/C26H18F4N2O5S/c1-38(35,36)21-12-6-16(7-13-21)22-14-31-32(25(34)24(22)18-2-8-19(27)9-3-18)15-23(33)17-4-10-20(11-5-17)37-26(28,29)30/h2-14H,15H2,1H3. The maximum atomic E-state index is 13.6. The first kappa shape index (κ1) is 26.7. The van der Waals surface area contributed by atoms with E-state index >= 15 is 0 Å². The second-order valence-corrected chi connectivity index (χ2v) is 10.2. The molecule has 0 amide bonds. The predicted molar refractivity (Wildman–Crippen MR) is 130 cm³/mol. The zero-order valence-electron chi connectivity index (χ0n) is 19.6. The smallest absolute Gasteiger partial charge is 0.406 e. The number of alkyl halides is 3. The molecule has 4 aromatic rings. The molecule has 38 heavy (non-hydrogen) atoms. The van der Waals surface area contributed by atoms with Crippen LogP contribution in [0.3, 0.4) is 0 Å². The van der Waals surface area contributed by atoms with Crippen molar-refractivity contribution < 1.29 is 35.5 Å². The number of benzene rings is 3. The molecule has 1 aromatic heterocycles. The lowest BCUT2D eigenvalue weighted by molar-refractivity contribution is -0.274. The van der Waals surface area contributed by atoms with Crippen LogP contribution in [-0.4, -0.2) is 36.6 Å². The van der Waals surface area contributed by atoms with Gasteiger partial charge in [0.15, 0.2) is 15.6 Å². The van der Waals surface area contributed by atoms with E-state index in [9.17, 15) is 35.6 Å². The van der Waals surface area contributed by atoms with E-state index < -0.39 is 45.7 Å². The van der Waals surface area contributed by atoms with Gasteiger partial charge >= 0.3 is 6.36 Å². The van der Waals surface area contributed by atoms with Crippen LogP contribution < -0.4 is 10.3 Å². The predicted octanol–water partition coefficient (Wildman–Crippen LogP) is 4.90. The molecule has 196 valence electrons. The van der Waals surface area contributed by atoms with E-state index in [4.69, 9.17) is 0 Å². The molecule has 0 radical (unpaired) electrons. The Bertz CT molecular complexity index is 1650. The quantitative estimate of drug-likeness (QED) is 0.242. The minimum Gasteiger partial charge on any atom is -0.406 e. The van der Waals surface area contributed by atoms with Gasteiger partial charge in [-0.1, -0.05) is 24.3 Å². The van der Waals surface area contributed by atoms with Crippen LogP contribution in [-0.2, 0) is 16.4 Å². The Morgan fingerprint density at radius 3 is 2.05 bits per heavy atom. The van der Waals surface area contributed by atoms with Crippen molar-refractivity contribution in [3.63, 3.8) is 0 Å². The van der Waals surface area contributed by atoms with Gasteiger partial charge in [-0.05, 0) is 59.7 Å². The molecule has 12 heteroatoms. The number of carbonyl (C=O) groups is 1. The molecule has 0 aliphatic rings. The molecule has 3 aromatic carbocycles. The van der Waals surface area contributed by atoms with Crippen LogP contribution in [0.4, 0.5) is 17.6 Å². The molecule has 0 saturated carbocycles. The number of aromatic nitrogens is 2. The van der Waals surface area contributed by atoms with Gasteiger partial charge in [0.05, 0.1) is 16.7 Å². The van der Waals surface area contributed by atoms with Crippen molar-refractivity contribution in [1.29, 1.82) is 0 Å². The van der Waals surface area contributed by atoms with Gasteiger partial charge in [0.2, 0.25) is 0 Å². The highest BCUT2D eigenvalue weighted by Gasteiger charge is 2.31. The molecule has 7 nitrogen and oxygen atoms in total. The number of rotatable bonds is 7. The lowest BCUT2D eigenvalue weighted by atomic mass is 9.97. The van der Waals surface area contributed by atoms with Crippen LogP contribution in [0, 0.1) is 5.82 Å². The Kier molecular flexibility index (Phi) is 7.18. The van der Waals surface area contributed by atoms with Crippen molar-refractivity contribution in [3.05, 3.63) is 101 Å². The Morgan fingerprint density at radius 1 is 0.921 bits per heavy atom. The van der Waals surface area contributed by atoms with E-state index in [1.165, 1.54) is 42.6 Å². The number of ketones is 1. The molecular formula is C26H18F4N2O5S. The Balaban J connectivity index is 1.72. The molecule has 4 rings (SSSR count). The highest BCUT2D eigenvalue weighted by Crippen LogP contribution is 2.30. The molecule has 0 spiro atoms. The summed E-state index contributed by atoms with van der Waals surface area (Å²) in [6.45, 7) is -0.528. The monoisotopic (exact) mass is 546 g/mol. The van der Waals surface area contributed by atoms with E-state index in [2.05, 4.69) is 9.84 Å². The summed E-state index contributed by atoms with van der Waals surface area (Å²) in [4.78, 5) is 26.3. The third-order valence-corrected chi connectivity index (χ3v) is 6.60. The average molecular weight is 546 g/mol. The Labute approximate surface area is 213 Å². The number of nitrogens with zero attached hydrogens (tertiary/aromatic N) is 2.